The smallest absolute Gasteiger partial charge is 0.203 e. The Morgan fingerprint density at radius 3 is 0.548 bits per heavy atom. The topological polar surface area (TPSA) is 365 Å². The van der Waals surface area contributed by atoms with Gasteiger partial charge in [-0.25, -0.2) is 0 Å². The van der Waals surface area contributed by atoms with Crippen LogP contribution in [0.15, 0.2) is 0 Å². The zero-order valence-corrected chi connectivity index (χ0v) is 83.2. The van der Waals surface area contributed by atoms with Gasteiger partial charge in [0.15, 0.2) is 0 Å². The van der Waals surface area contributed by atoms with E-state index in [0.29, 0.717) is 390 Å². The first-order valence-corrected chi connectivity index (χ1v) is 54.1. The molecule has 0 aromatic heterocycles. The van der Waals surface area contributed by atoms with Crippen molar-refractivity contribution in [2.75, 3.05) is 415 Å². The molecule has 126 heavy (non-hydrogen) atoms. The van der Waals surface area contributed by atoms with E-state index in [-0.39, 0.29) is 43.2 Å². The number of thioether (sulfide) groups is 1. The Labute approximate surface area is 767 Å². The van der Waals surface area contributed by atoms with Gasteiger partial charge in [-0.1, -0.05) is 32.9 Å². The Balaban J connectivity index is 3.21. The summed E-state index contributed by atoms with van der Waals surface area (Å²) < 4.78 is 185. The van der Waals surface area contributed by atoms with Crippen LogP contribution in [-0.4, -0.2) is 492 Å². The van der Waals surface area contributed by atoms with E-state index >= 15 is 0 Å². The first-order chi connectivity index (χ1) is 61.9. The second-order valence-corrected chi connectivity index (χ2v) is 41.2. The van der Waals surface area contributed by atoms with Gasteiger partial charge in [-0.15, -0.1) is 0 Å². The van der Waals surface area contributed by atoms with Gasteiger partial charge in [-0.2, -0.15) is 11.8 Å². The fraction of sp³-hybridized carbons (Fsp3) is 1.00. The SMILES string of the molecule is CC[Si](O)C[Si](CC)(CCCSCCCOCCOCCOCCOCCOCCOCCOCCOCCOCCOCCOCCOCCOCCOCCOCCOCCOCCOCCOCCOCCOCCOCCOCCOCCOCCOCCOCCOC(C)COC(C)COC(C)COC(C)COC(C)COC(C)CO)C[Si](O)CC. The largest absolute Gasteiger partial charge is 0.432 e. The van der Waals surface area contributed by atoms with Gasteiger partial charge in [0.25, 0.3) is 0 Å². The molecule has 0 aliphatic carbocycles. The highest BCUT2D eigenvalue weighted by Crippen LogP contribution is 2.31. The van der Waals surface area contributed by atoms with Crippen molar-refractivity contribution in [1.29, 1.82) is 0 Å². The standard InChI is InChI=1S/C86H178O36SSi3/c1-10-124(88)79-126(12-3,80-125(89)11-2)72-14-71-123-70-13-15-90-16-17-91-18-19-92-20-21-93-22-23-94-24-25-95-26-27-96-28-29-97-30-31-98-32-33-99-34-35-100-36-37-101-38-39-102-40-41-103-42-43-104-44-45-105-46-47-106-48-49-107-50-51-108-52-53-109-54-55-110-56-57-111-58-59-112-60-61-113-62-63-114-64-65-115-66-67-116-68-69-117-82(5)74-119-84(7)76-121-86(9)78-122-85(8)77-120-83(6)75-118-81(4)73-87/h81-89H,10-80H2,1-9H3. The van der Waals surface area contributed by atoms with Crippen LogP contribution in [0.3, 0.4) is 0 Å². The Morgan fingerprint density at radius 2 is 0.373 bits per heavy atom. The fourth-order valence-electron chi connectivity index (χ4n) is 10.6. The van der Waals surface area contributed by atoms with Crippen molar-refractivity contribution >= 4 is 37.9 Å². The molecule has 0 fully saturated rings. The summed E-state index contributed by atoms with van der Waals surface area (Å²) in [4.78, 5) is 21.0. The van der Waals surface area contributed by atoms with E-state index in [9.17, 15) is 9.59 Å². The van der Waals surface area contributed by atoms with Gasteiger partial charge < -0.3 is 171 Å². The molecule has 36 nitrogen and oxygen atoms in total. The van der Waals surface area contributed by atoms with Crippen molar-refractivity contribution in [2.24, 2.45) is 0 Å². The Bertz CT molecular complexity index is 2030. The molecule has 3 N–H and O–H groups in total. The first kappa shape index (κ1) is 126. The van der Waals surface area contributed by atoms with Gasteiger partial charge in [0.1, 0.15) is 0 Å². The Kier molecular flexibility index (Phi) is 105. The fourth-order valence-corrected chi connectivity index (χ4v) is 27.0. The lowest BCUT2D eigenvalue weighted by atomic mass is 10.3. The van der Waals surface area contributed by atoms with Crippen molar-refractivity contribution in [1.82, 2.24) is 0 Å². The average molecular weight is 1900 g/mol. The van der Waals surface area contributed by atoms with Crippen LogP contribution in [0.5, 0.6) is 0 Å². The van der Waals surface area contributed by atoms with E-state index in [1.165, 1.54) is 18.5 Å². The van der Waals surface area contributed by atoms with Gasteiger partial charge in [0.05, 0.1) is 441 Å². The average Bonchev–Trinajstić information content (AvgIpc) is 0.853. The number of aliphatic hydroxyl groups is 1. The molecule has 0 saturated carbocycles. The minimum atomic E-state index is -1.58. The van der Waals surface area contributed by atoms with Gasteiger partial charge in [-0.3, -0.25) is 0 Å². The van der Waals surface area contributed by atoms with Crippen molar-refractivity contribution in [3.63, 3.8) is 0 Å². The van der Waals surface area contributed by atoms with Crippen LogP contribution in [0.25, 0.3) is 0 Å². The lowest BCUT2D eigenvalue weighted by Gasteiger charge is -2.33. The quantitative estimate of drug-likeness (QED) is 0.0469. The zero-order chi connectivity index (χ0) is 91.4. The maximum Gasteiger partial charge on any atom is 0.203 e. The molecule has 6 unspecified atom stereocenters. The van der Waals surface area contributed by atoms with Crippen molar-refractivity contribution < 1.29 is 171 Å². The van der Waals surface area contributed by atoms with Crippen molar-refractivity contribution in [3.8, 4) is 0 Å². The summed E-state index contributed by atoms with van der Waals surface area (Å²) in [6.07, 6.45) is 1.58. The predicted octanol–water partition coefficient (Wildman–Crippen LogP) is 5.93. The molecule has 2 radical (unpaired) electrons. The number of ether oxygens (including phenoxy) is 33. The molecular formula is C86H178O36SSi3. The predicted molar refractivity (Wildman–Crippen MR) is 486 cm³/mol. The van der Waals surface area contributed by atoms with Crippen LogP contribution >= 0.6 is 11.8 Å². The molecule has 0 heterocycles. The lowest BCUT2D eigenvalue weighted by molar-refractivity contribution is -0.104. The lowest BCUT2D eigenvalue weighted by Crippen LogP contribution is -2.43. The second kappa shape index (κ2) is 105. The maximum atomic E-state index is 10.5. The van der Waals surface area contributed by atoms with E-state index in [1.54, 1.807) is 0 Å². The molecule has 40 heteroatoms. The van der Waals surface area contributed by atoms with Gasteiger partial charge in [-0.05, 0) is 89.3 Å². The minimum Gasteiger partial charge on any atom is -0.432 e. The molecule has 0 bridgehead atoms. The summed E-state index contributed by atoms with van der Waals surface area (Å²) in [5.41, 5.74) is 2.09. The van der Waals surface area contributed by atoms with E-state index in [1.807, 2.05) is 53.3 Å². The van der Waals surface area contributed by atoms with E-state index < -0.39 is 26.2 Å². The van der Waals surface area contributed by atoms with Crippen molar-refractivity contribution in [3.05, 3.63) is 0 Å². The molecule has 0 aromatic rings. The van der Waals surface area contributed by atoms with E-state index in [0.717, 1.165) is 48.0 Å². The molecule has 0 rings (SSSR count). The van der Waals surface area contributed by atoms with Crippen LogP contribution in [0, 0.1) is 0 Å². The van der Waals surface area contributed by atoms with Crippen LogP contribution in [0.1, 0.15) is 75.2 Å². The summed E-state index contributed by atoms with van der Waals surface area (Å²) >= 11 is 1.99. The minimum absolute atomic E-state index is 0.0138. The third-order valence-corrected chi connectivity index (χ3v) is 32.9. The molecule has 0 amide bonds. The summed E-state index contributed by atoms with van der Waals surface area (Å²) in [6.45, 7) is 47.1. The molecule has 0 saturated heterocycles. The van der Waals surface area contributed by atoms with Gasteiger partial charge in [0, 0.05) is 6.61 Å². The van der Waals surface area contributed by atoms with Gasteiger partial charge in [0.2, 0.25) is 18.1 Å². The number of rotatable bonds is 113. The number of hydrogen-bond donors (Lipinski definition) is 3. The third kappa shape index (κ3) is 99.5. The van der Waals surface area contributed by atoms with Gasteiger partial charge >= 0.3 is 0 Å². The van der Waals surface area contributed by atoms with E-state index in [2.05, 4.69) is 20.8 Å². The molecule has 0 aliphatic heterocycles. The van der Waals surface area contributed by atoms with Crippen LogP contribution < -0.4 is 0 Å². The normalized spacial score (nSPS) is 13.7. The molecule has 0 spiro atoms. The molecule has 756 valence electrons. The summed E-state index contributed by atoms with van der Waals surface area (Å²) in [5.74, 6) is 2.24. The summed E-state index contributed by atoms with van der Waals surface area (Å²) in [7, 11) is -4.07. The molecule has 0 aromatic carbocycles. The molecular weight excluding hydrogens is 1730 g/mol. The highest BCUT2D eigenvalue weighted by Gasteiger charge is 2.36. The van der Waals surface area contributed by atoms with Crippen molar-refractivity contribution in [2.45, 2.75) is 147 Å². The first-order valence-electron chi connectivity index (χ1n) is 46.4. The summed E-state index contributed by atoms with van der Waals surface area (Å²) in [6, 6.07) is 4.23. The van der Waals surface area contributed by atoms with Crippen LogP contribution in [0.2, 0.25) is 35.5 Å². The zero-order valence-electron chi connectivity index (χ0n) is 79.4. The monoisotopic (exact) mass is 1900 g/mol. The molecule has 6 atom stereocenters. The third-order valence-electron chi connectivity index (χ3n) is 17.9. The Morgan fingerprint density at radius 1 is 0.214 bits per heavy atom. The number of aliphatic hydroxyl groups excluding tert-OH is 1. The highest BCUT2D eigenvalue weighted by molar-refractivity contribution is 7.99. The second-order valence-electron chi connectivity index (χ2n) is 29.2. The van der Waals surface area contributed by atoms with Crippen LogP contribution in [-0.2, 0) is 156 Å². The Hall–Kier alpha value is -0.439. The number of hydrogen-bond acceptors (Lipinski definition) is 37. The summed E-state index contributed by atoms with van der Waals surface area (Å²) in [5, 5.41) is 9.08. The molecule has 0 aliphatic rings. The maximum absolute atomic E-state index is 10.5. The highest BCUT2D eigenvalue weighted by atomic mass is 32.2. The van der Waals surface area contributed by atoms with E-state index in [4.69, 9.17) is 161 Å². The van der Waals surface area contributed by atoms with Crippen LogP contribution in [0.4, 0.5) is 0 Å².